The topological polar surface area (TPSA) is 49.2 Å². The van der Waals surface area contributed by atoms with Gasteiger partial charge >= 0.3 is 5.84 Å². The first-order chi connectivity index (χ1) is 10.4. The maximum absolute atomic E-state index is 12.4. The molecule has 0 unspecified atom stereocenters. The van der Waals surface area contributed by atoms with Crippen molar-refractivity contribution in [2.75, 3.05) is 21.1 Å². The van der Waals surface area contributed by atoms with Crippen LogP contribution in [0.2, 0.25) is 0 Å². The minimum absolute atomic E-state index is 0.149. The molecule has 0 amide bonds. The van der Waals surface area contributed by atoms with Crippen molar-refractivity contribution in [3.05, 3.63) is 41.1 Å². The van der Waals surface area contributed by atoms with Gasteiger partial charge in [0.25, 0.3) is 0 Å². The molecule has 0 spiro atoms. The van der Waals surface area contributed by atoms with Crippen LogP contribution >= 0.6 is 0 Å². The van der Waals surface area contributed by atoms with Gasteiger partial charge in [0.2, 0.25) is 0 Å². The molecule has 1 aromatic rings. The lowest BCUT2D eigenvalue weighted by Gasteiger charge is -2.32. The predicted octanol–water partition coefficient (Wildman–Crippen LogP) is 3.02. The Morgan fingerprint density at radius 3 is 1.96 bits per heavy atom. The zero-order valence-corrected chi connectivity index (χ0v) is 15.1. The molecule has 0 aliphatic carbocycles. The second kappa shape index (κ2) is 5.35. The summed E-state index contributed by atoms with van der Waals surface area (Å²) in [5, 5.41) is 25.7. The number of benzene rings is 1. The summed E-state index contributed by atoms with van der Waals surface area (Å²) in [6.45, 7) is 7.17. The van der Waals surface area contributed by atoms with E-state index in [1.165, 1.54) is 5.69 Å². The van der Waals surface area contributed by atoms with E-state index in [1.54, 1.807) is 33.8 Å². The van der Waals surface area contributed by atoms with E-state index in [0.717, 1.165) is 19.8 Å². The van der Waals surface area contributed by atoms with E-state index in [2.05, 4.69) is 33.3 Å². The molecular formula is C18H27N3O2+. The molecule has 0 fully saturated rings. The minimum atomic E-state index is -0.776. The average molecular weight is 317 g/mol. The van der Waals surface area contributed by atoms with Gasteiger partial charge in [-0.2, -0.15) is 0 Å². The summed E-state index contributed by atoms with van der Waals surface area (Å²) in [6, 6.07) is 8.09. The first-order valence-electron chi connectivity index (χ1n) is 7.81. The average Bonchev–Trinajstić information content (AvgIpc) is 2.56. The first-order valence-corrected chi connectivity index (χ1v) is 7.81. The van der Waals surface area contributed by atoms with Gasteiger partial charge in [-0.1, -0.05) is 5.06 Å². The fourth-order valence-electron chi connectivity index (χ4n) is 2.49. The Hall–Kier alpha value is -1.85. The van der Waals surface area contributed by atoms with Gasteiger partial charge < -0.3 is 5.21 Å². The third kappa shape index (κ3) is 2.86. The lowest BCUT2D eigenvalue weighted by molar-refractivity contribution is -0.539. The van der Waals surface area contributed by atoms with Crippen LogP contribution < -0.4 is 4.48 Å². The maximum atomic E-state index is 12.4. The second-order valence-corrected chi connectivity index (χ2v) is 8.00. The van der Waals surface area contributed by atoms with E-state index in [1.807, 2.05) is 18.2 Å². The van der Waals surface area contributed by atoms with E-state index in [4.69, 9.17) is 0 Å². The highest BCUT2D eigenvalue weighted by Gasteiger charge is 2.58. The van der Waals surface area contributed by atoms with Crippen molar-refractivity contribution >= 4 is 17.6 Å². The number of nitrogens with zero attached hydrogens (tertiary/aromatic N) is 3. The third-order valence-corrected chi connectivity index (χ3v) is 5.02. The summed E-state index contributed by atoms with van der Waals surface area (Å²) >= 11 is 0. The van der Waals surface area contributed by atoms with Gasteiger partial charge in [0.05, 0.1) is 21.1 Å². The Morgan fingerprint density at radius 2 is 1.57 bits per heavy atom. The van der Waals surface area contributed by atoms with E-state index in [9.17, 15) is 10.4 Å². The normalized spacial score (nSPS) is 20.6. The molecular weight excluding hydrogens is 290 g/mol. The molecule has 1 aliphatic heterocycles. The molecule has 5 nitrogen and oxygen atoms in total. The van der Waals surface area contributed by atoms with Crippen molar-refractivity contribution in [1.82, 2.24) is 9.55 Å². The number of hydrogen-bond donors (Lipinski definition) is 0. The molecule has 2 rings (SSSR count). The van der Waals surface area contributed by atoms with Gasteiger partial charge in [-0.15, -0.1) is 0 Å². The monoisotopic (exact) mass is 317 g/mol. The predicted molar refractivity (Wildman–Crippen MR) is 94.4 cm³/mol. The van der Waals surface area contributed by atoms with Crippen LogP contribution in [0, 0.1) is 5.21 Å². The zero-order chi connectivity index (χ0) is 17.6. The van der Waals surface area contributed by atoms with Gasteiger partial charge in [-0.3, -0.25) is 9.22 Å². The molecule has 1 heterocycles. The van der Waals surface area contributed by atoms with Gasteiger partial charge in [-0.05, 0) is 63.6 Å². The van der Waals surface area contributed by atoms with Crippen LogP contribution in [0.25, 0.3) is 6.08 Å². The molecule has 5 heteroatoms. The van der Waals surface area contributed by atoms with Crippen molar-refractivity contribution in [3.63, 3.8) is 0 Å². The molecule has 0 atom stereocenters. The maximum Gasteiger partial charge on any atom is 0.309 e. The number of quaternary nitrogens is 1. The van der Waals surface area contributed by atoms with E-state index >= 15 is 0 Å². The molecule has 1 radical (unpaired) electrons. The highest BCUT2D eigenvalue weighted by atomic mass is 16.5. The second-order valence-electron chi connectivity index (χ2n) is 8.00. The summed E-state index contributed by atoms with van der Waals surface area (Å²) in [7, 11) is 6.32. The van der Waals surface area contributed by atoms with Gasteiger partial charge in [-0.25, -0.2) is 0 Å². The van der Waals surface area contributed by atoms with E-state index < -0.39 is 11.1 Å². The quantitative estimate of drug-likeness (QED) is 0.489. The lowest BCUT2D eigenvalue weighted by atomic mass is 9.84. The van der Waals surface area contributed by atoms with Crippen molar-refractivity contribution in [2.24, 2.45) is 0 Å². The van der Waals surface area contributed by atoms with E-state index in [-0.39, 0.29) is 5.84 Å². The molecule has 1 aromatic carbocycles. The Balaban J connectivity index is 2.29. The summed E-state index contributed by atoms with van der Waals surface area (Å²) in [5.74, 6) is 0.149. The Bertz CT molecular complexity index is 650. The minimum Gasteiger partial charge on any atom is -0.714 e. The van der Waals surface area contributed by atoms with Crippen molar-refractivity contribution in [3.8, 4) is 0 Å². The summed E-state index contributed by atoms with van der Waals surface area (Å²) in [5.41, 5.74) is 0.595. The van der Waals surface area contributed by atoms with Crippen LogP contribution in [0.1, 0.15) is 33.3 Å². The van der Waals surface area contributed by atoms with Crippen LogP contribution in [0.3, 0.4) is 0 Å². The Kier molecular flexibility index (Phi) is 4.07. The van der Waals surface area contributed by atoms with Crippen molar-refractivity contribution < 1.29 is 9.95 Å². The van der Waals surface area contributed by atoms with Gasteiger partial charge in [0.15, 0.2) is 5.54 Å². The molecule has 0 bridgehead atoms. The standard InChI is InChI=1S/C18H27N3O2/c1-17(2)18(3,4)20(23)16(19(17)22)13-10-14-8-11-15(12-9-14)21(5,6)7/h8-13H,1-7H3/q+1/b13-10+. The van der Waals surface area contributed by atoms with Crippen molar-refractivity contribution in [1.29, 1.82) is 0 Å². The van der Waals surface area contributed by atoms with Crippen LogP contribution in [0.4, 0.5) is 5.69 Å². The van der Waals surface area contributed by atoms with Crippen LogP contribution in [-0.4, -0.2) is 47.9 Å². The zero-order valence-electron chi connectivity index (χ0n) is 15.1. The number of amidine groups is 1. The van der Waals surface area contributed by atoms with E-state index in [0.29, 0.717) is 0 Å². The van der Waals surface area contributed by atoms with Crippen LogP contribution in [0.15, 0.2) is 30.3 Å². The third-order valence-electron chi connectivity index (χ3n) is 5.02. The smallest absolute Gasteiger partial charge is 0.309 e. The fourth-order valence-corrected chi connectivity index (χ4v) is 2.49. The molecule has 125 valence electrons. The molecule has 0 aromatic heterocycles. The number of hydroxylamine groups is 3. The largest absolute Gasteiger partial charge is 0.714 e. The first kappa shape index (κ1) is 17.5. The van der Waals surface area contributed by atoms with Crippen molar-refractivity contribution in [2.45, 2.75) is 38.8 Å². The highest BCUT2D eigenvalue weighted by molar-refractivity contribution is 5.93. The number of rotatable bonds is 3. The summed E-state index contributed by atoms with van der Waals surface area (Å²) in [4.78, 5) is 0. The number of hydrogen-bond acceptors (Lipinski definition) is 2. The highest BCUT2D eigenvalue weighted by Crippen LogP contribution is 2.36. The molecule has 0 N–H and O–H groups in total. The summed E-state index contributed by atoms with van der Waals surface area (Å²) in [6.07, 6.45) is 3.42. The van der Waals surface area contributed by atoms with Crippen LogP contribution in [-0.2, 0) is 5.21 Å². The molecule has 23 heavy (non-hydrogen) atoms. The SMILES string of the molecule is CC1(C)N([O])C(/C=C/c2ccc([N+](C)(C)C)cc2)=[N+]([O-])C1(C)C. The fraction of sp³-hybridized carbons (Fsp3) is 0.500. The van der Waals surface area contributed by atoms with Crippen LogP contribution in [0.5, 0.6) is 0 Å². The molecule has 1 aliphatic rings. The van der Waals surface area contributed by atoms with Gasteiger partial charge in [0, 0.05) is 11.3 Å². The Labute approximate surface area is 138 Å². The molecule has 0 saturated heterocycles. The Morgan fingerprint density at radius 1 is 1.04 bits per heavy atom. The summed E-state index contributed by atoms with van der Waals surface area (Å²) < 4.78 is 1.56. The molecule has 0 saturated carbocycles. The van der Waals surface area contributed by atoms with Gasteiger partial charge in [0.1, 0.15) is 11.2 Å². The lowest BCUT2D eigenvalue weighted by Crippen LogP contribution is -2.53.